The molecular weight excluding hydrogens is 248 g/mol. The van der Waals surface area contributed by atoms with Crippen molar-refractivity contribution in [3.63, 3.8) is 0 Å². The van der Waals surface area contributed by atoms with Crippen molar-refractivity contribution < 1.29 is 13.5 Å². The molecule has 96 valence electrons. The van der Waals surface area contributed by atoms with Crippen LogP contribution in [0.15, 0.2) is 18.2 Å². The fourth-order valence-electron chi connectivity index (χ4n) is 1.25. The van der Waals surface area contributed by atoms with Gasteiger partial charge in [-0.3, -0.25) is 0 Å². The Kier molecular flexibility index (Phi) is 5.65. The van der Waals surface area contributed by atoms with Gasteiger partial charge in [0.15, 0.2) is 0 Å². The number of rotatable bonds is 6. The molecule has 1 aromatic carbocycles. The number of halogens is 3. The minimum atomic E-state index is -2.49. The van der Waals surface area contributed by atoms with Crippen molar-refractivity contribution in [2.45, 2.75) is 32.9 Å². The Morgan fingerprint density at radius 3 is 2.59 bits per heavy atom. The Bertz CT molecular complexity index is 358. The first-order chi connectivity index (χ1) is 7.99. The van der Waals surface area contributed by atoms with Crippen molar-refractivity contribution in [2.24, 2.45) is 0 Å². The second-order valence-electron chi connectivity index (χ2n) is 4.00. The van der Waals surface area contributed by atoms with Gasteiger partial charge >= 0.3 is 0 Å². The molecular formula is C12H16ClF2NO. The molecule has 0 atom stereocenters. The highest BCUT2D eigenvalue weighted by molar-refractivity contribution is 6.32. The lowest BCUT2D eigenvalue weighted by atomic mass is 10.2. The normalized spacial score (nSPS) is 11.2. The maximum absolute atomic E-state index is 12.0. The van der Waals surface area contributed by atoms with E-state index in [0.29, 0.717) is 23.4 Å². The minimum Gasteiger partial charge on any atom is -0.486 e. The van der Waals surface area contributed by atoms with Gasteiger partial charge in [-0.25, -0.2) is 8.78 Å². The van der Waals surface area contributed by atoms with Gasteiger partial charge in [0, 0.05) is 12.6 Å². The lowest BCUT2D eigenvalue weighted by Gasteiger charge is -2.11. The summed E-state index contributed by atoms with van der Waals surface area (Å²) >= 11 is 5.93. The van der Waals surface area contributed by atoms with Gasteiger partial charge in [0.05, 0.1) is 5.02 Å². The predicted octanol–water partition coefficient (Wildman–Crippen LogP) is 3.48. The van der Waals surface area contributed by atoms with Gasteiger partial charge < -0.3 is 10.1 Å². The van der Waals surface area contributed by atoms with E-state index in [1.807, 2.05) is 19.9 Å². The van der Waals surface area contributed by atoms with Crippen molar-refractivity contribution in [1.82, 2.24) is 5.32 Å². The second kappa shape index (κ2) is 6.77. The van der Waals surface area contributed by atoms with E-state index in [0.717, 1.165) is 5.56 Å². The average Bonchev–Trinajstić information content (AvgIpc) is 2.24. The molecule has 0 radical (unpaired) electrons. The van der Waals surface area contributed by atoms with Crippen LogP contribution < -0.4 is 10.1 Å². The van der Waals surface area contributed by atoms with Gasteiger partial charge in [-0.05, 0) is 17.7 Å². The molecule has 1 rings (SSSR count). The number of ether oxygens (including phenoxy) is 1. The van der Waals surface area contributed by atoms with E-state index in [1.165, 1.54) is 0 Å². The molecule has 0 aromatic heterocycles. The number of benzene rings is 1. The molecule has 0 aliphatic carbocycles. The quantitative estimate of drug-likeness (QED) is 0.848. The van der Waals surface area contributed by atoms with E-state index in [1.54, 1.807) is 12.1 Å². The Morgan fingerprint density at radius 1 is 1.35 bits per heavy atom. The molecule has 0 amide bonds. The molecule has 0 saturated heterocycles. The Morgan fingerprint density at radius 2 is 2.06 bits per heavy atom. The predicted molar refractivity (Wildman–Crippen MR) is 64.9 cm³/mol. The van der Waals surface area contributed by atoms with Crippen LogP contribution in [0.1, 0.15) is 19.4 Å². The number of alkyl halides is 2. The van der Waals surface area contributed by atoms with Crippen LogP contribution in [0.3, 0.4) is 0 Å². The Balaban J connectivity index is 2.59. The molecule has 1 aromatic rings. The van der Waals surface area contributed by atoms with E-state index in [4.69, 9.17) is 16.3 Å². The Hall–Kier alpha value is -0.870. The van der Waals surface area contributed by atoms with E-state index in [-0.39, 0.29) is 0 Å². The van der Waals surface area contributed by atoms with Crippen molar-refractivity contribution >= 4 is 11.6 Å². The van der Waals surface area contributed by atoms with Gasteiger partial charge in [-0.2, -0.15) is 0 Å². The van der Waals surface area contributed by atoms with Crippen LogP contribution in [-0.4, -0.2) is 19.1 Å². The maximum atomic E-state index is 12.0. The molecule has 0 fully saturated rings. The number of hydrogen-bond donors (Lipinski definition) is 1. The maximum Gasteiger partial charge on any atom is 0.272 e. The van der Waals surface area contributed by atoms with E-state index in [2.05, 4.69) is 5.32 Å². The third kappa shape index (κ3) is 5.33. The smallest absolute Gasteiger partial charge is 0.272 e. The van der Waals surface area contributed by atoms with E-state index < -0.39 is 13.0 Å². The Labute approximate surface area is 105 Å². The SMILES string of the molecule is CC(C)NCc1ccc(OCC(F)F)c(Cl)c1. The van der Waals surface area contributed by atoms with Crippen LogP contribution >= 0.6 is 11.6 Å². The average molecular weight is 264 g/mol. The molecule has 2 nitrogen and oxygen atoms in total. The molecule has 0 aliphatic heterocycles. The van der Waals surface area contributed by atoms with Crippen LogP contribution in [0, 0.1) is 0 Å². The molecule has 5 heteroatoms. The lowest BCUT2D eigenvalue weighted by molar-refractivity contribution is 0.0819. The second-order valence-corrected chi connectivity index (χ2v) is 4.41. The van der Waals surface area contributed by atoms with Crippen LogP contribution in [0.2, 0.25) is 5.02 Å². The van der Waals surface area contributed by atoms with Crippen molar-refractivity contribution in [1.29, 1.82) is 0 Å². The monoisotopic (exact) mass is 263 g/mol. The molecule has 0 bridgehead atoms. The van der Waals surface area contributed by atoms with Crippen molar-refractivity contribution in [3.05, 3.63) is 28.8 Å². The summed E-state index contributed by atoms with van der Waals surface area (Å²) in [4.78, 5) is 0. The zero-order valence-corrected chi connectivity index (χ0v) is 10.6. The topological polar surface area (TPSA) is 21.3 Å². The molecule has 0 heterocycles. The fraction of sp³-hybridized carbons (Fsp3) is 0.500. The van der Waals surface area contributed by atoms with Crippen LogP contribution in [0.25, 0.3) is 0 Å². The minimum absolute atomic E-state index is 0.292. The number of nitrogens with one attached hydrogen (secondary N) is 1. The molecule has 0 saturated carbocycles. The fourth-order valence-corrected chi connectivity index (χ4v) is 1.50. The van der Waals surface area contributed by atoms with Crippen molar-refractivity contribution in [2.75, 3.05) is 6.61 Å². The summed E-state index contributed by atoms with van der Waals surface area (Å²) in [5, 5.41) is 3.59. The first kappa shape index (κ1) is 14.2. The largest absolute Gasteiger partial charge is 0.486 e. The molecule has 0 unspecified atom stereocenters. The highest BCUT2D eigenvalue weighted by atomic mass is 35.5. The van der Waals surface area contributed by atoms with Crippen LogP contribution in [0.4, 0.5) is 8.78 Å². The van der Waals surface area contributed by atoms with Gasteiger partial charge in [0.25, 0.3) is 6.43 Å². The molecule has 17 heavy (non-hydrogen) atoms. The highest BCUT2D eigenvalue weighted by Gasteiger charge is 2.07. The first-order valence-electron chi connectivity index (χ1n) is 5.41. The zero-order valence-electron chi connectivity index (χ0n) is 9.84. The first-order valence-corrected chi connectivity index (χ1v) is 5.79. The summed E-state index contributed by atoms with van der Waals surface area (Å²) in [6.45, 7) is 4.14. The van der Waals surface area contributed by atoms with E-state index >= 15 is 0 Å². The molecule has 0 aliphatic rings. The third-order valence-electron chi connectivity index (χ3n) is 2.08. The summed E-state index contributed by atoms with van der Waals surface area (Å²) in [6, 6.07) is 5.52. The summed E-state index contributed by atoms with van der Waals surface area (Å²) in [7, 11) is 0. The van der Waals surface area contributed by atoms with Crippen LogP contribution in [-0.2, 0) is 6.54 Å². The number of hydrogen-bond acceptors (Lipinski definition) is 2. The summed E-state index contributed by atoms with van der Waals surface area (Å²) in [6.07, 6.45) is -2.49. The standard InChI is InChI=1S/C12H16ClF2NO/c1-8(2)16-6-9-3-4-11(10(13)5-9)17-7-12(14)15/h3-5,8,12,16H,6-7H2,1-2H3. The third-order valence-corrected chi connectivity index (χ3v) is 2.37. The van der Waals surface area contributed by atoms with Gasteiger partial charge in [0.2, 0.25) is 0 Å². The van der Waals surface area contributed by atoms with Crippen LogP contribution in [0.5, 0.6) is 5.75 Å². The summed E-state index contributed by atoms with van der Waals surface area (Å²) < 4.78 is 28.8. The molecule has 0 spiro atoms. The van der Waals surface area contributed by atoms with Gasteiger partial charge in [-0.1, -0.05) is 31.5 Å². The molecule has 1 N–H and O–H groups in total. The highest BCUT2D eigenvalue weighted by Crippen LogP contribution is 2.25. The van der Waals surface area contributed by atoms with Gasteiger partial charge in [-0.15, -0.1) is 0 Å². The van der Waals surface area contributed by atoms with Gasteiger partial charge in [0.1, 0.15) is 12.4 Å². The van der Waals surface area contributed by atoms with Crippen molar-refractivity contribution in [3.8, 4) is 5.75 Å². The summed E-state index contributed by atoms with van der Waals surface area (Å²) in [5.41, 5.74) is 0.994. The zero-order chi connectivity index (χ0) is 12.8. The lowest BCUT2D eigenvalue weighted by Crippen LogP contribution is -2.21. The summed E-state index contributed by atoms with van der Waals surface area (Å²) in [5.74, 6) is 0.292. The van der Waals surface area contributed by atoms with E-state index in [9.17, 15) is 8.78 Å².